The molecule has 2 aromatic rings. The predicted molar refractivity (Wildman–Crippen MR) is 82.4 cm³/mol. The number of aryl methyl sites for hydroxylation is 2. The zero-order valence-electron chi connectivity index (χ0n) is 11.6. The van der Waals surface area contributed by atoms with Crippen LogP contribution < -0.4 is 0 Å². The number of aromatic nitrogens is 2. The van der Waals surface area contributed by atoms with E-state index in [4.69, 9.17) is 23.2 Å². The second-order valence-electron chi connectivity index (χ2n) is 5.07. The average molecular weight is 313 g/mol. The lowest BCUT2D eigenvalue weighted by Crippen LogP contribution is -2.13. The van der Waals surface area contributed by atoms with Crippen LogP contribution in [0.3, 0.4) is 0 Å². The van der Waals surface area contributed by atoms with E-state index in [9.17, 15) is 5.11 Å². The van der Waals surface area contributed by atoms with Crippen LogP contribution in [0.25, 0.3) is 0 Å². The minimum Gasteiger partial charge on any atom is -0.396 e. The molecule has 5 heteroatoms. The van der Waals surface area contributed by atoms with Gasteiger partial charge in [-0.25, -0.2) is 0 Å². The monoisotopic (exact) mass is 312 g/mol. The Morgan fingerprint density at radius 2 is 2.05 bits per heavy atom. The van der Waals surface area contributed by atoms with Crippen LogP contribution in [0.2, 0.25) is 10.2 Å². The molecule has 1 aromatic heterocycles. The van der Waals surface area contributed by atoms with E-state index in [0.29, 0.717) is 11.6 Å². The first kappa shape index (κ1) is 15.4. The first-order valence-electron chi connectivity index (χ1n) is 6.54. The number of rotatable bonds is 5. The van der Waals surface area contributed by atoms with Crippen molar-refractivity contribution < 1.29 is 5.11 Å². The van der Waals surface area contributed by atoms with Gasteiger partial charge in [0, 0.05) is 24.2 Å². The number of aliphatic hydroxyl groups is 1. The van der Waals surface area contributed by atoms with Crippen LogP contribution in [0, 0.1) is 12.8 Å². The second kappa shape index (κ2) is 6.61. The van der Waals surface area contributed by atoms with Crippen molar-refractivity contribution >= 4 is 23.2 Å². The van der Waals surface area contributed by atoms with Crippen LogP contribution in [0.5, 0.6) is 0 Å². The molecule has 0 radical (unpaired) electrons. The van der Waals surface area contributed by atoms with E-state index in [0.717, 1.165) is 28.3 Å². The minimum absolute atomic E-state index is 0.105. The summed E-state index contributed by atoms with van der Waals surface area (Å²) in [5.74, 6) is 0.105. The molecule has 108 valence electrons. The van der Waals surface area contributed by atoms with E-state index >= 15 is 0 Å². The molecule has 1 atom stereocenters. The van der Waals surface area contributed by atoms with Crippen molar-refractivity contribution in [2.24, 2.45) is 13.0 Å². The third-order valence-corrected chi connectivity index (χ3v) is 4.14. The molecule has 0 aliphatic rings. The molecule has 1 N–H and O–H groups in total. The first-order chi connectivity index (χ1) is 9.51. The quantitative estimate of drug-likeness (QED) is 0.918. The highest BCUT2D eigenvalue weighted by Gasteiger charge is 2.17. The molecule has 0 aliphatic heterocycles. The largest absolute Gasteiger partial charge is 0.396 e. The Kier molecular flexibility index (Phi) is 5.08. The number of halogens is 2. The average Bonchev–Trinajstić information content (AvgIpc) is 2.64. The van der Waals surface area contributed by atoms with E-state index in [1.165, 1.54) is 0 Å². The summed E-state index contributed by atoms with van der Waals surface area (Å²) in [6.07, 6.45) is 1.48. The molecule has 1 unspecified atom stereocenters. The van der Waals surface area contributed by atoms with Crippen molar-refractivity contribution in [1.82, 2.24) is 9.78 Å². The van der Waals surface area contributed by atoms with Crippen molar-refractivity contribution in [2.45, 2.75) is 19.8 Å². The van der Waals surface area contributed by atoms with Crippen LogP contribution in [-0.4, -0.2) is 21.5 Å². The van der Waals surface area contributed by atoms with Crippen molar-refractivity contribution in [3.8, 4) is 0 Å². The fourth-order valence-corrected chi connectivity index (χ4v) is 2.86. The van der Waals surface area contributed by atoms with Gasteiger partial charge >= 0.3 is 0 Å². The van der Waals surface area contributed by atoms with E-state index in [2.05, 4.69) is 5.10 Å². The van der Waals surface area contributed by atoms with Crippen molar-refractivity contribution in [2.75, 3.05) is 6.61 Å². The van der Waals surface area contributed by atoms with Gasteiger partial charge < -0.3 is 5.11 Å². The smallest absolute Gasteiger partial charge is 0.130 e. The Labute approximate surface area is 129 Å². The third-order valence-electron chi connectivity index (χ3n) is 3.43. The van der Waals surface area contributed by atoms with Gasteiger partial charge in [0.05, 0.1) is 5.69 Å². The fourth-order valence-electron chi connectivity index (χ4n) is 2.39. The molecule has 2 rings (SSSR count). The molecule has 0 fully saturated rings. The summed E-state index contributed by atoms with van der Waals surface area (Å²) in [7, 11) is 1.82. The van der Waals surface area contributed by atoms with E-state index < -0.39 is 0 Å². The van der Waals surface area contributed by atoms with Gasteiger partial charge in [0.25, 0.3) is 0 Å². The summed E-state index contributed by atoms with van der Waals surface area (Å²) in [4.78, 5) is 0. The molecule has 0 saturated carbocycles. The topological polar surface area (TPSA) is 38.0 Å². The van der Waals surface area contributed by atoms with Gasteiger partial charge in [0.15, 0.2) is 0 Å². The maximum atomic E-state index is 9.60. The van der Waals surface area contributed by atoms with Crippen LogP contribution in [0.15, 0.2) is 24.3 Å². The van der Waals surface area contributed by atoms with Crippen LogP contribution in [-0.2, 0) is 19.9 Å². The predicted octanol–water partition coefficient (Wildman–Crippen LogP) is 3.43. The molecular formula is C15H18Cl2N2O. The molecule has 0 aliphatic carbocycles. The zero-order valence-corrected chi connectivity index (χ0v) is 13.1. The number of hydrogen-bond donors (Lipinski definition) is 1. The molecule has 3 nitrogen and oxygen atoms in total. The molecule has 0 saturated heterocycles. The van der Waals surface area contributed by atoms with Crippen LogP contribution in [0.4, 0.5) is 0 Å². The van der Waals surface area contributed by atoms with Crippen molar-refractivity contribution in [1.29, 1.82) is 0 Å². The summed E-state index contributed by atoms with van der Waals surface area (Å²) in [6.45, 7) is 2.05. The van der Waals surface area contributed by atoms with E-state index in [1.807, 2.05) is 38.2 Å². The first-order valence-corrected chi connectivity index (χ1v) is 7.30. The summed E-state index contributed by atoms with van der Waals surface area (Å²) < 4.78 is 1.67. The molecule has 0 spiro atoms. The normalized spacial score (nSPS) is 12.7. The Morgan fingerprint density at radius 3 is 2.60 bits per heavy atom. The fraction of sp³-hybridized carbons (Fsp3) is 0.400. The molecule has 0 bridgehead atoms. The highest BCUT2D eigenvalue weighted by atomic mass is 35.5. The highest BCUT2D eigenvalue weighted by Crippen LogP contribution is 2.24. The number of benzene rings is 1. The summed E-state index contributed by atoms with van der Waals surface area (Å²) in [5, 5.41) is 15.3. The SMILES string of the molecule is Cc1nn(C)c(Cl)c1CC(CO)Cc1cccc(Cl)c1. The standard InChI is InChI=1S/C15H18Cl2N2O/c1-10-14(15(17)19(2)18-10)8-12(9-20)6-11-4-3-5-13(16)7-11/h3-5,7,12,20H,6,8-9H2,1-2H3. The van der Waals surface area contributed by atoms with Gasteiger partial charge in [-0.3, -0.25) is 4.68 Å². The van der Waals surface area contributed by atoms with Gasteiger partial charge in [-0.15, -0.1) is 0 Å². The lowest BCUT2D eigenvalue weighted by atomic mass is 9.93. The Balaban J connectivity index is 2.13. The number of hydrogen-bond acceptors (Lipinski definition) is 2. The number of nitrogens with zero attached hydrogens (tertiary/aromatic N) is 2. The van der Waals surface area contributed by atoms with Gasteiger partial charge in [-0.1, -0.05) is 35.3 Å². The Morgan fingerprint density at radius 1 is 1.30 bits per heavy atom. The highest BCUT2D eigenvalue weighted by molar-refractivity contribution is 6.30. The van der Waals surface area contributed by atoms with E-state index in [-0.39, 0.29) is 12.5 Å². The summed E-state index contributed by atoms with van der Waals surface area (Å²) >= 11 is 12.2. The maximum Gasteiger partial charge on any atom is 0.130 e. The van der Waals surface area contributed by atoms with Crippen molar-refractivity contribution in [3.05, 3.63) is 51.3 Å². The molecule has 0 amide bonds. The molecule has 1 aromatic carbocycles. The summed E-state index contributed by atoms with van der Waals surface area (Å²) in [6, 6.07) is 7.73. The zero-order chi connectivity index (χ0) is 14.7. The maximum absolute atomic E-state index is 9.60. The van der Waals surface area contributed by atoms with E-state index in [1.54, 1.807) is 4.68 Å². The molecule has 20 heavy (non-hydrogen) atoms. The lowest BCUT2D eigenvalue weighted by molar-refractivity contribution is 0.225. The third kappa shape index (κ3) is 3.54. The molecule has 1 heterocycles. The van der Waals surface area contributed by atoms with Gasteiger partial charge in [-0.05, 0) is 43.4 Å². The molecular weight excluding hydrogens is 295 g/mol. The van der Waals surface area contributed by atoms with Gasteiger partial charge in [-0.2, -0.15) is 5.10 Å². The minimum atomic E-state index is 0.105. The summed E-state index contributed by atoms with van der Waals surface area (Å²) in [5.41, 5.74) is 3.05. The number of aliphatic hydroxyl groups excluding tert-OH is 1. The second-order valence-corrected chi connectivity index (χ2v) is 5.86. The van der Waals surface area contributed by atoms with Crippen molar-refractivity contribution in [3.63, 3.8) is 0 Å². The van der Waals surface area contributed by atoms with Crippen LogP contribution >= 0.6 is 23.2 Å². The van der Waals surface area contributed by atoms with Gasteiger partial charge in [0.1, 0.15) is 5.15 Å². The van der Waals surface area contributed by atoms with Crippen LogP contribution in [0.1, 0.15) is 16.8 Å². The Hall–Kier alpha value is -1.03. The Bertz CT molecular complexity index is 596. The lowest BCUT2D eigenvalue weighted by Gasteiger charge is -2.14. The van der Waals surface area contributed by atoms with Gasteiger partial charge in [0.2, 0.25) is 0 Å².